The molecular weight excluding hydrogens is 798 g/mol. The van der Waals surface area contributed by atoms with E-state index >= 15 is 0 Å². The highest BCUT2D eigenvalue weighted by molar-refractivity contribution is 5.98. The largest absolute Gasteiger partial charge is 0.480 e. The molecule has 0 saturated carbocycles. The van der Waals surface area contributed by atoms with Crippen LogP contribution in [0.1, 0.15) is 80.2 Å². The minimum Gasteiger partial charge on any atom is -0.480 e. The molecule has 8 amide bonds. The first kappa shape index (κ1) is 53.3. The normalized spacial score (nSPS) is 15.7. The zero-order valence-corrected chi connectivity index (χ0v) is 36.0. The van der Waals surface area contributed by atoms with Crippen LogP contribution in [-0.4, -0.2) is 130 Å². The molecule has 14 N–H and O–H groups in total. The summed E-state index contributed by atoms with van der Waals surface area (Å²) >= 11 is 0. The molecule has 61 heavy (non-hydrogen) atoms. The number of carbonyl (C=O) groups is 9. The van der Waals surface area contributed by atoms with E-state index in [9.17, 15) is 58.5 Å². The number of carboxylic acids is 1. The highest BCUT2D eigenvalue weighted by Crippen LogP contribution is 2.11. The molecule has 0 aliphatic heterocycles. The number of benzene rings is 1. The van der Waals surface area contributed by atoms with Crippen molar-refractivity contribution in [3.8, 4) is 0 Å². The van der Waals surface area contributed by atoms with Gasteiger partial charge in [-0.05, 0) is 50.0 Å². The van der Waals surface area contributed by atoms with Crippen LogP contribution < -0.4 is 48.7 Å². The molecule has 1 aromatic carbocycles. The van der Waals surface area contributed by atoms with E-state index in [4.69, 9.17) is 11.5 Å². The van der Waals surface area contributed by atoms with Gasteiger partial charge >= 0.3 is 5.97 Å². The number of aliphatic carboxylic acids is 1. The molecule has 0 aliphatic carbocycles. The summed E-state index contributed by atoms with van der Waals surface area (Å²) in [7, 11) is 0. The zero-order valence-electron chi connectivity index (χ0n) is 36.0. The van der Waals surface area contributed by atoms with Crippen molar-refractivity contribution in [3.05, 3.63) is 35.9 Å². The molecule has 0 spiro atoms. The topological polar surface area (TPSA) is 351 Å². The van der Waals surface area contributed by atoms with Gasteiger partial charge < -0.3 is 64.0 Å². The van der Waals surface area contributed by atoms with E-state index in [1.54, 1.807) is 71.9 Å². The molecule has 0 radical (unpaired) electrons. The number of hydrogen-bond acceptors (Lipinski definition) is 12. The number of nitrogens with one attached hydrogen (secondary N) is 7. The Bertz CT molecular complexity index is 1670. The van der Waals surface area contributed by atoms with Gasteiger partial charge in [0.15, 0.2) is 0 Å². The van der Waals surface area contributed by atoms with Gasteiger partial charge in [-0.3, -0.25) is 38.4 Å². The van der Waals surface area contributed by atoms with Gasteiger partial charge in [0.1, 0.15) is 42.3 Å². The second kappa shape index (κ2) is 25.8. The fourth-order valence-corrected chi connectivity index (χ4v) is 5.72. The molecule has 1 rings (SSSR count). The van der Waals surface area contributed by atoms with Crippen LogP contribution in [-0.2, 0) is 49.6 Å². The number of amides is 8. The fraction of sp³-hybridized carbons (Fsp3) is 0.625. The maximum atomic E-state index is 13.7. The molecule has 21 nitrogen and oxygen atoms in total. The molecule has 0 aliphatic rings. The van der Waals surface area contributed by atoms with Gasteiger partial charge in [0.25, 0.3) is 0 Å². The van der Waals surface area contributed by atoms with Crippen LogP contribution in [0.3, 0.4) is 0 Å². The third-order valence-electron chi connectivity index (χ3n) is 9.45. The van der Waals surface area contributed by atoms with Crippen LogP contribution in [0.15, 0.2) is 30.3 Å². The lowest BCUT2D eigenvalue weighted by Crippen LogP contribution is -2.61. The van der Waals surface area contributed by atoms with Gasteiger partial charge in [-0.1, -0.05) is 71.9 Å². The minimum atomic E-state index is -1.63. The minimum absolute atomic E-state index is 0.0651. The van der Waals surface area contributed by atoms with Crippen molar-refractivity contribution < 1.29 is 58.5 Å². The Kier molecular flexibility index (Phi) is 22.6. The first-order chi connectivity index (χ1) is 28.4. The van der Waals surface area contributed by atoms with Gasteiger partial charge in [0.05, 0.1) is 18.8 Å². The second-order valence-corrected chi connectivity index (χ2v) is 16.0. The average molecular weight is 864 g/mol. The molecule has 0 fully saturated rings. The van der Waals surface area contributed by atoms with E-state index < -0.39 is 120 Å². The van der Waals surface area contributed by atoms with Gasteiger partial charge in [0, 0.05) is 12.8 Å². The number of hydrogen-bond donors (Lipinski definition) is 12. The molecule has 1 aromatic rings. The van der Waals surface area contributed by atoms with Crippen molar-refractivity contribution in [2.24, 2.45) is 29.2 Å². The molecule has 0 heterocycles. The lowest BCUT2D eigenvalue weighted by atomic mass is 9.99. The van der Waals surface area contributed by atoms with E-state index in [1.165, 1.54) is 13.8 Å². The van der Waals surface area contributed by atoms with E-state index in [1.807, 2.05) is 0 Å². The standard InChI is InChI=1S/C40H65N9O12/c1-19(2)16-26(36(56)47-28(18-50)40(60)61)45-38(58)31(21(5)6)48-34(54)25(14-15-29(41)52)44-33(53)22(7)43-35(55)27(17-24-12-10-9-11-13-24)46-39(59)32(23(8)51)49-37(57)30(42)20(3)4/h9-13,19-23,25-28,30-32,50-51H,14-18,42H2,1-8H3,(H2,41,52)(H,43,55)(H,44,53)(H,45,58)(H,46,59)(H,47,56)(H,48,54)(H,49,57)(H,60,61). The molecule has 342 valence electrons. The third kappa shape index (κ3) is 18.6. The van der Waals surface area contributed by atoms with Crippen LogP contribution >= 0.6 is 0 Å². The van der Waals surface area contributed by atoms with Crippen molar-refractivity contribution in [1.82, 2.24) is 37.2 Å². The summed E-state index contributed by atoms with van der Waals surface area (Å²) in [5.74, 6) is -9.36. The Hall–Kier alpha value is -5.67. The molecule has 9 atom stereocenters. The summed E-state index contributed by atoms with van der Waals surface area (Å²) in [5, 5.41) is 46.1. The number of nitrogens with two attached hydrogens (primary N) is 2. The molecule has 0 bridgehead atoms. The van der Waals surface area contributed by atoms with Gasteiger partial charge in [-0.15, -0.1) is 0 Å². The Morgan fingerprint density at radius 2 is 1.08 bits per heavy atom. The van der Waals surface area contributed by atoms with E-state index in [-0.39, 0.29) is 37.5 Å². The Labute approximate surface area is 355 Å². The summed E-state index contributed by atoms with van der Waals surface area (Å²) in [4.78, 5) is 117. The molecular formula is C40H65N9O12. The second-order valence-electron chi connectivity index (χ2n) is 16.0. The average Bonchev–Trinajstić information content (AvgIpc) is 3.17. The summed E-state index contributed by atoms with van der Waals surface area (Å²) in [6.07, 6.45) is -2.12. The Balaban J connectivity index is 3.29. The quantitative estimate of drug-likeness (QED) is 0.0444. The van der Waals surface area contributed by atoms with Gasteiger partial charge in [-0.25, -0.2) is 4.79 Å². The number of carbonyl (C=O) groups excluding carboxylic acids is 8. The van der Waals surface area contributed by atoms with Crippen molar-refractivity contribution in [2.45, 2.75) is 136 Å². The summed E-state index contributed by atoms with van der Waals surface area (Å²) < 4.78 is 0. The first-order valence-electron chi connectivity index (χ1n) is 20.1. The Morgan fingerprint density at radius 1 is 0.590 bits per heavy atom. The number of aliphatic hydroxyl groups is 2. The van der Waals surface area contributed by atoms with Crippen molar-refractivity contribution in [1.29, 1.82) is 0 Å². The molecule has 21 heteroatoms. The van der Waals surface area contributed by atoms with Gasteiger partial charge in [-0.2, -0.15) is 0 Å². The van der Waals surface area contributed by atoms with Crippen molar-refractivity contribution in [2.75, 3.05) is 6.61 Å². The first-order valence-corrected chi connectivity index (χ1v) is 20.1. The van der Waals surface area contributed by atoms with Crippen LogP contribution in [0.5, 0.6) is 0 Å². The molecule has 0 saturated heterocycles. The van der Waals surface area contributed by atoms with Gasteiger partial charge in [0.2, 0.25) is 47.3 Å². The summed E-state index contributed by atoms with van der Waals surface area (Å²) in [5.41, 5.74) is 11.9. The molecule has 0 aromatic heterocycles. The monoisotopic (exact) mass is 863 g/mol. The zero-order chi connectivity index (χ0) is 46.7. The van der Waals surface area contributed by atoms with Crippen LogP contribution in [0.2, 0.25) is 0 Å². The predicted octanol–water partition coefficient (Wildman–Crippen LogP) is -2.95. The summed E-state index contributed by atoms with van der Waals surface area (Å²) in [6.45, 7) is 11.7. The maximum Gasteiger partial charge on any atom is 0.328 e. The third-order valence-corrected chi connectivity index (χ3v) is 9.45. The van der Waals surface area contributed by atoms with E-state index in [2.05, 4.69) is 37.2 Å². The number of aliphatic hydroxyl groups excluding tert-OH is 2. The van der Waals surface area contributed by atoms with Crippen LogP contribution in [0.25, 0.3) is 0 Å². The fourth-order valence-electron chi connectivity index (χ4n) is 5.72. The lowest BCUT2D eigenvalue weighted by Gasteiger charge is -2.29. The SMILES string of the molecule is CC(C)CC(NC(=O)C(NC(=O)C(CCC(N)=O)NC(=O)C(C)NC(=O)C(Cc1ccccc1)NC(=O)C(NC(=O)C(N)C(C)C)C(C)O)C(C)C)C(=O)NC(CO)C(=O)O. The van der Waals surface area contributed by atoms with Crippen molar-refractivity contribution >= 4 is 53.2 Å². The number of primary amides is 1. The number of carboxylic acid groups (broad SMARTS) is 1. The lowest BCUT2D eigenvalue weighted by molar-refractivity contribution is -0.143. The van der Waals surface area contributed by atoms with Crippen LogP contribution in [0, 0.1) is 17.8 Å². The molecule has 9 unspecified atom stereocenters. The predicted molar refractivity (Wildman–Crippen MR) is 221 cm³/mol. The highest BCUT2D eigenvalue weighted by atomic mass is 16.4. The number of rotatable bonds is 26. The van der Waals surface area contributed by atoms with E-state index in [0.29, 0.717) is 5.56 Å². The maximum absolute atomic E-state index is 13.7. The highest BCUT2D eigenvalue weighted by Gasteiger charge is 2.35. The smallest absolute Gasteiger partial charge is 0.328 e. The van der Waals surface area contributed by atoms with Crippen LogP contribution in [0.4, 0.5) is 0 Å². The summed E-state index contributed by atoms with van der Waals surface area (Å²) in [6, 6.07) is -2.36. The van der Waals surface area contributed by atoms with E-state index in [0.717, 1.165) is 0 Å². The van der Waals surface area contributed by atoms with Crippen molar-refractivity contribution in [3.63, 3.8) is 0 Å². The Morgan fingerprint density at radius 3 is 1.57 bits per heavy atom.